The number of methoxy groups -OCH3 is 1. The van der Waals surface area contributed by atoms with Crippen molar-refractivity contribution in [3.05, 3.63) is 71.1 Å². The van der Waals surface area contributed by atoms with E-state index in [9.17, 15) is 9.59 Å². The SMILES string of the molecule is COC(=O)c1ccc(-c2cnc3c(c2)C(C2=CCN(C(=O)OC(C)(C)C)CC2)=CC3)cc1. The van der Waals surface area contributed by atoms with Crippen LogP contribution < -0.4 is 0 Å². The highest BCUT2D eigenvalue weighted by Gasteiger charge is 2.26. The molecule has 4 rings (SSSR count). The van der Waals surface area contributed by atoms with Crippen LogP contribution in [-0.4, -0.2) is 47.7 Å². The molecule has 0 atom stereocenters. The number of pyridine rings is 1. The van der Waals surface area contributed by atoms with E-state index in [4.69, 9.17) is 9.47 Å². The van der Waals surface area contributed by atoms with Gasteiger partial charge in [0.1, 0.15) is 5.60 Å². The van der Waals surface area contributed by atoms with Crippen LogP contribution in [0, 0.1) is 0 Å². The Hall–Kier alpha value is -3.41. The number of allylic oxidation sites excluding steroid dienone is 2. The molecule has 166 valence electrons. The van der Waals surface area contributed by atoms with Gasteiger partial charge in [-0.05, 0) is 62.1 Å². The Morgan fingerprint density at radius 2 is 1.81 bits per heavy atom. The first-order valence-electron chi connectivity index (χ1n) is 10.8. The van der Waals surface area contributed by atoms with Gasteiger partial charge in [-0.15, -0.1) is 0 Å². The number of rotatable bonds is 3. The third-order valence-corrected chi connectivity index (χ3v) is 5.61. The summed E-state index contributed by atoms with van der Waals surface area (Å²) in [5, 5.41) is 0. The molecule has 0 fully saturated rings. The molecule has 0 unspecified atom stereocenters. The summed E-state index contributed by atoms with van der Waals surface area (Å²) in [6, 6.07) is 9.51. The van der Waals surface area contributed by atoms with Gasteiger partial charge in [0.2, 0.25) is 0 Å². The molecular formula is C26H28N2O4. The molecule has 2 aliphatic rings. The molecule has 1 aromatic heterocycles. The highest BCUT2D eigenvalue weighted by atomic mass is 16.6. The number of nitrogens with zero attached hydrogens (tertiary/aromatic N) is 2. The van der Waals surface area contributed by atoms with E-state index >= 15 is 0 Å². The van der Waals surface area contributed by atoms with Crippen LogP contribution in [-0.2, 0) is 15.9 Å². The van der Waals surface area contributed by atoms with Gasteiger partial charge in [-0.25, -0.2) is 9.59 Å². The smallest absolute Gasteiger partial charge is 0.410 e. The van der Waals surface area contributed by atoms with E-state index < -0.39 is 5.60 Å². The summed E-state index contributed by atoms with van der Waals surface area (Å²) in [5.74, 6) is -0.349. The zero-order valence-electron chi connectivity index (χ0n) is 19.0. The van der Waals surface area contributed by atoms with Gasteiger partial charge >= 0.3 is 12.1 Å². The lowest BCUT2D eigenvalue weighted by Gasteiger charge is -2.30. The van der Waals surface area contributed by atoms with Gasteiger partial charge < -0.3 is 14.4 Å². The van der Waals surface area contributed by atoms with E-state index in [2.05, 4.69) is 23.2 Å². The second kappa shape index (κ2) is 8.61. The third-order valence-electron chi connectivity index (χ3n) is 5.61. The van der Waals surface area contributed by atoms with E-state index in [1.807, 2.05) is 39.1 Å². The molecule has 2 heterocycles. The number of carbonyl (C=O) groups excluding carboxylic acids is 2. The van der Waals surface area contributed by atoms with Crippen LogP contribution in [0.4, 0.5) is 4.79 Å². The number of aromatic nitrogens is 1. The largest absolute Gasteiger partial charge is 0.465 e. The molecule has 1 aromatic carbocycles. The maximum absolute atomic E-state index is 12.3. The van der Waals surface area contributed by atoms with Crippen molar-refractivity contribution in [1.29, 1.82) is 0 Å². The molecule has 0 saturated heterocycles. The van der Waals surface area contributed by atoms with Crippen LogP contribution in [0.25, 0.3) is 16.7 Å². The first-order chi connectivity index (χ1) is 15.2. The molecular weight excluding hydrogens is 404 g/mol. The fourth-order valence-electron chi connectivity index (χ4n) is 3.98. The van der Waals surface area contributed by atoms with E-state index in [1.165, 1.54) is 18.3 Å². The molecule has 1 aliphatic heterocycles. The fraction of sp³-hybridized carbons (Fsp3) is 0.346. The Balaban J connectivity index is 1.52. The number of ether oxygens (including phenoxy) is 2. The van der Waals surface area contributed by atoms with Crippen molar-refractivity contribution in [2.75, 3.05) is 20.2 Å². The van der Waals surface area contributed by atoms with Crippen molar-refractivity contribution in [3.63, 3.8) is 0 Å². The first-order valence-corrected chi connectivity index (χ1v) is 10.8. The van der Waals surface area contributed by atoms with E-state index in [0.717, 1.165) is 35.2 Å². The van der Waals surface area contributed by atoms with Gasteiger partial charge in [0.15, 0.2) is 0 Å². The summed E-state index contributed by atoms with van der Waals surface area (Å²) < 4.78 is 10.3. The number of hydrogen-bond acceptors (Lipinski definition) is 5. The lowest BCUT2D eigenvalue weighted by molar-refractivity contribution is 0.0266. The molecule has 0 radical (unpaired) electrons. The van der Waals surface area contributed by atoms with Crippen molar-refractivity contribution in [2.45, 2.75) is 39.2 Å². The minimum atomic E-state index is -0.495. The second-order valence-corrected chi connectivity index (χ2v) is 9.01. The third kappa shape index (κ3) is 4.59. The van der Waals surface area contributed by atoms with Crippen molar-refractivity contribution >= 4 is 17.6 Å². The number of benzene rings is 1. The van der Waals surface area contributed by atoms with Crippen LogP contribution in [0.2, 0.25) is 0 Å². The van der Waals surface area contributed by atoms with Crippen LogP contribution in [0.3, 0.4) is 0 Å². The lowest BCUT2D eigenvalue weighted by atomic mass is 9.94. The number of carbonyl (C=O) groups is 2. The predicted octanol–water partition coefficient (Wildman–Crippen LogP) is 5.04. The molecule has 32 heavy (non-hydrogen) atoms. The van der Waals surface area contributed by atoms with Gasteiger partial charge in [-0.3, -0.25) is 4.98 Å². The van der Waals surface area contributed by atoms with E-state index in [-0.39, 0.29) is 12.1 Å². The predicted molar refractivity (Wildman–Crippen MR) is 123 cm³/mol. The maximum Gasteiger partial charge on any atom is 0.410 e. The Morgan fingerprint density at radius 3 is 2.44 bits per heavy atom. The van der Waals surface area contributed by atoms with Crippen molar-refractivity contribution in [2.24, 2.45) is 0 Å². The molecule has 1 aliphatic carbocycles. The minimum absolute atomic E-state index is 0.270. The molecule has 1 amide bonds. The normalized spacial score (nSPS) is 15.6. The van der Waals surface area contributed by atoms with Gasteiger partial charge in [0, 0.05) is 36.8 Å². The van der Waals surface area contributed by atoms with E-state index in [1.54, 1.807) is 17.0 Å². The molecule has 0 saturated carbocycles. The van der Waals surface area contributed by atoms with Crippen molar-refractivity contribution < 1.29 is 19.1 Å². The molecule has 0 spiro atoms. The average Bonchev–Trinajstić information content (AvgIpc) is 3.21. The molecule has 0 N–H and O–H groups in total. The monoisotopic (exact) mass is 432 g/mol. The number of amides is 1. The zero-order valence-corrected chi connectivity index (χ0v) is 19.0. The van der Waals surface area contributed by atoms with Crippen LogP contribution >= 0.6 is 0 Å². The Kier molecular flexibility index (Phi) is 5.87. The average molecular weight is 433 g/mol. The van der Waals surface area contributed by atoms with Crippen molar-refractivity contribution in [3.8, 4) is 11.1 Å². The maximum atomic E-state index is 12.3. The summed E-state index contributed by atoms with van der Waals surface area (Å²) in [5.41, 5.74) is 6.65. The fourth-order valence-corrected chi connectivity index (χ4v) is 3.98. The molecule has 6 nitrogen and oxygen atoms in total. The van der Waals surface area contributed by atoms with Gasteiger partial charge in [0.25, 0.3) is 0 Å². The summed E-state index contributed by atoms with van der Waals surface area (Å²) in [6.45, 7) is 6.81. The summed E-state index contributed by atoms with van der Waals surface area (Å²) in [7, 11) is 1.38. The summed E-state index contributed by atoms with van der Waals surface area (Å²) >= 11 is 0. The Morgan fingerprint density at radius 1 is 1.06 bits per heavy atom. The van der Waals surface area contributed by atoms with Gasteiger partial charge in [-0.1, -0.05) is 24.3 Å². The molecule has 6 heteroatoms. The highest BCUT2D eigenvalue weighted by molar-refractivity contribution is 5.90. The quantitative estimate of drug-likeness (QED) is 0.636. The Labute approximate surface area is 188 Å². The first kappa shape index (κ1) is 21.8. The van der Waals surface area contributed by atoms with Crippen molar-refractivity contribution in [1.82, 2.24) is 9.88 Å². The van der Waals surface area contributed by atoms with Gasteiger partial charge in [-0.2, -0.15) is 0 Å². The zero-order chi connectivity index (χ0) is 22.9. The van der Waals surface area contributed by atoms with Gasteiger partial charge in [0.05, 0.1) is 18.4 Å². The van der Waals surface area contributed by atoms with Crippen LogP contribution in [0.5, 0.6) is 0 Å². The summed E-state index contributed by atoms with van der Waals surface area (Å²) in [4.78, 5) is 30.5. The second-order valence-electron chi connectivity index (χ2n) is 9.01. The number of hydrogen-bond donors (Lipinski definition) is 0. The number of esters is 1. The highest BCUT2D eigenvalue weighted by Crippen LogP contribution is 2.36. The van der Waals surface area contributed by atoms with Crippen LogP contribution in [0.15, 0.2) is 54.3 Å². The Bertz CT molecular complexity index is 1110. The molecule has 2 aromatic rings. The number of fused-ring (bicyclic) bond motifs is 1. The van der Waals surface area contributed by atoms with Crippen LogP contribution in [0.1, 0.15) is 48.8 Å². The minimum Gasteiger partial charge on any atom is -0.465 e. The standard InChI is InChI=1S/C26H28N2O4/c1-26(2,3)32-25(30)28-13-11-18(12-14-28)21-9-10-23-22(21)15-20(16-27-23)17-5-7-19(8-6-17)24(29)31-4/h5-9,11,15-16H,10,12-14H2,1-4H3. The van der Waals surface area contributed by atoms with E-state index in [0.29, 0.717) is 18.7 Å². The lowest BCUT2D eigenvalue weighted by Crippen LogP contribution is -2.39. The topological polar surface area (TPSA) is 68.7 Å². The summed E-state index contributed by atoms with van der Waals surface area (Å²) in [6.07, 6.45) is 7.53. The molecule has 0 bridgehead atoms.